The number of rotatable bonds is 9. The molecule has 0 unspecified atom stereocenters. The number of imide groups is 1. The van der Waals surface area contributed by atoms with Crippen molar-refractivity contribution in [1.82, 2.24) is 4.90 Å². The standard InChI is InChI=1S/C34H32N2O7/c1-4-5-18-43-34(40)21-10-13-23(14-11-21)36-32(38)27-28(33(36)39)30(31(37)22-12-15-25(41-2)26(19-22)42-3)35-17-16-20-8-6-7-9-24(20)29(27)35/h6-17,19,27-30H,4-5,18H2,1-3H3/t27-,28+,29-,30+/m0/s1. The Labute approximate surface area is 249 Å². The smallest absolute Gasteiger partial charge is 0.338 e. The third-order valence-corrected chi connectivity index (χ3v) is 8.49. The molecular weight excluding hydrogens is 548 g/mol. The highest BCUT2D eigenvalue weighted by molar-refractivity contribution is 6.24. The van der Waals surface area contributed by atoms with Crippen LogP contribution < -0.4 is 14.4 Å². The van der Waals surface area contributed by atoms with E-state index in [2.05, 4.69) is 0 Å². The minimum absolute atomic E-state index is 0.296. The summed E-state index contributed by atoms with van der Waals surface area (Å²) in [5.41, 5.74) is 2.84. The van der Waals surface area contributed by atoms with Crippen LogP contribution in [0.25, 0.3) is 6.08 Å². The number of Topliss-reactive ketones (excluding diaryl/α,β-unsaturated/α-hetero) is 1. The van der Waals surface area contributed by atoms with Gasteiger partial charge >= 0.3 is 5.97 Å². The number of carbonyl (C=O) groups is 4. The zero-order valence-electron chi connectivity index (χ0n) is 24.2. The summed E-state index contributed by atoms with van der Waals surface area (Å²) in [5.74, 6) is -2.43. The van der Waals surface area contributed by atoms with E-state index in [0.29, 0.717) is 34.9 Å². The lowest BCUT2D eigenvalue weighted by Crippen LogP contribution is -2.44. The van der Waals surface area contributed by atoms with E-state index in [4.69, 9.17) is 14.2 Å². The molecule has 0 radical (unpaired) electrons. The highest BCUT2D eigenvalue weighted by atomic mass is 16.5. The van der Waals surface area contributed by atoms with Gasteiger partial charge in [0.25, 0.3) is 0 Å². The molecule has 3 aromatic rings. The molecule has 4 atom stereocenters. The molecule has 0 bridgehead atoms. The van der Waals surface area contributed by atoms with E-state index in [9.17, 15) is 19.2 Å². The van der Waals surface area contributed by atoms with Crippen molar-refractivity contribution in [2.75, 3.05) is 25.7 Å². The summed E-state index contributed by atoms with van der Waals surface area (Å²) in [6.07, 6.45) is 5.40. The minimum atomic E-state index is -0.924. The summed E-state index contributed by atoms with van der Waals surface area (Å²) < 4.78 is 16.1. The molecule has 0 spiro atoms. The summed E-state index contributed by atoms with van der Waals surface area (Å²) in [5, 5.41) is 0. The van der Waals surface area contributed by atoms with Gasteiger partial charge in [0.2, 0.25) is 11.8 Å². The Morgan fingerprint density at radius 2 is 1.53 bits per heavy atom. The van der Waals surface area contributed by atoms with Crippen LogP contribution in [0, 0.1) is 11.8 Å². The average molecular weight is 581 g/mol. The van der Waals surface area contributed by atoms with Crippen LogP contribution in [0.15, 0.2) is 72.9 Å². The molecule has 3 aliphatic rings. The van der Waals surface area contributed by atoms with E-state index in [0.717, 1.165) is 28.9 Å². The first-order valence-electron chi connectivity index (χ1n) is 14.4. The van der Waals surface area contributed by atoms with E-state index in [-0.39, 0.29) is 11.7 Å². The molecular formula is C34H32N2O7. The number of esters is 1. The fourth-order valence-corrected chi connectivity index (χ4v) is 6.41. The quantitative estimate of drug-likeness (QED) is 0.150. The highest BCUT2D eigenvalue weighted by Crippen LogP contribution is 2.53. The fraction of sp³-hybridized carbons (Fsp3) is 0.294. The number of anilines is 1. The van der Waals surface area contributed by atoms with Crippen LogP contribution >= 0.6 is 0 Å². The number of hydrogen-bond donors (Lipinski definition) is 0. The first-order valence-corrected chi connectivity index (χ1v) is 14.4. The summed E-state index contributed by atoms with van der Waals surface area (Å²) in [7, 11) is 3.01. The fourth-order valence-electron chi connectivity index (χ4n) is 6.41. The van der Waals surface area contributed by atoms with Crippen LogP contribution in [-0.4, -0.2) is 55.3 Å². The predicted molar refractivity (Wildman–Crippen MR) is 159 cm³/mol. The number of hydrogen-bond acceptors (Lipinski definition) is 8. The second-order valence-corrected chi connectivity index (χ2v) is 10.8. The maximum absolute atomic E-state index is 14.2. The molecule has 6 rings (SSSR count). The molecule has 2 amide bonds. The van der Waals surface area contributed by atoms with Crippen molar-refractivity contribution in [1.29, 1.82) is 0 Å². The second kappa shape index (κ2) is 11.4. The molecule has 9 heteroatoms. The summed E-state index contributed by atoms with van der Waals surface area (Å²) in [6.45, 7) is 2.34. The van der Waals surface area contributed by atoms with E-state index in [1.54, 1.807) is 42.5 Å². The van der Waals surface area contributed by atoms with Crippen LogP contribution in [0.1, 0.15) is 57.7 Å². The van der Waals surface area contributed by atoms with Gasteiger partial charge in [-0.1, -0.05) is 37.6 Å². The van der Waals surface area contributed by atoms with Crippen molar-refractivity contribution in [2.45, 2.75) is 31.8 Å². The average Bonchev–Trinajstić information content (AvgIpc) is 3.52. The van der Waals surface area contributed by atoms with Gasteiger partial charge in [-0.05, 0) is 66.1 Å². The van der Waals surface area contributed by atoms with E-state index in [1.807, 2.05) is 48.4 Å². The largest absolute Gasteiger partial charge is 0.493 e. The van der Waals surface area contributed by atoms with Gasteiger partial charge in [-0.2, -0.15) is 0 Å². The molecule has 0 aliphatic carbocycles. The molecule has 0 aromatic heterocycles. The molecule has 220 valence electrons. The van der Waals surface area contributed by atoms with E-state index < -0.39 is 35.8 Å². The Hall–Kier alpha value is -4.92. The number of amides is 2. The molecule has 0 N–H and O–H groups in total. The number of ketones is 1. The predicted octanol–water partition coefficient (Wildman–Crippen LogP) is 5.06. The molecule has 9 nitrogen and oxygen atoms in total. The Morgan fingerprint density at radius 1 is 0.837 bits per heavy atom. The van der Waals surface area contributed by atoms with Gasteiger partial charge in [-0.3, -0.25) is 14.4 Å². The van der Waals surface area contributed by atoms with E-state index in [1.165, 1.54) is 14.2 Å². The molecule has 2 fully saturated rings. The number of benzene rings is 3. The highest BCUT2D eigenvalue weighted by Gasteiger charge is 2.64. The van der Waals surface area contributed by atoms with Crippen LogP contribution in [0.2, 0.25) is 0 Å². The minimum Gasteiger partial charge on any atom is -0.493 e. The molecule has 43 heavy (non-hydrogen) atoms. The van der Waals surface area contributed by atoms with Crippen LogP contribution in [0.4, 0.5) is 5.69 Å². The Kier molecular flexibility index (Phi) is 7.48. The van der Waals surface area contributed by atoms with Gasteiger partial charge in [0, 0.05) is 11.8 Å². The number of carbonyl (C=O) groups excluding carboxylic acids is 4. The summed E-state index contributed by atoms with van der Waals surface area (Å²) >= 11 is 0. The third-order valence-electron chi connectivity index (χ3n) is 8.49. The van der Waals surface area contributed by atoms with Gasteiger partial charge < -0.3 is 19.1 Å². The van der Waals surface area contributed by atoms with Crippen molar-refractivity contribution in [3.63, 3.8) is 0 Å². The number of fused-ring (bicyclic) bond motifs is 5. The van der Waals surface area contributed by atoms with Gasteiger partial charge in [0.15, 0.2) is 17.3 Å². The maximum atomic E-state index is 14.2. The Morgan fingerprint density at radius 3 is 2.26 bits per heavy atom. The van der Waals surface area contributed by atoms with Crippen molar-refractivity contribution in [3.05, 3.63) is 95.2 Å². The zero-order chi connectivity index (χ0) is 30.2. The number of unbranched alkanes of at least 4 members (excludes halogenated alkanes) is 1. The van der Waals surface area contributed by atoms with Crippen molar-refractivity contribution in [3.8, 4) is 11.5 Å². The first kappa shape index (κ1) is 28.2. The van der Waals surface area contributed by atoms with Crippen LogP contribution in [0.3, 0.4) is 0 Å². The number of nitrogens with zero attached hydrogens (tertiary/aromatic N) is 2. The zero-order valence-corrected chi connectivity index (χ0v) is 24.2. The molecule has 3 heterocycles. The normalized spacial score (nSPS) is 21.7. The lowest BCUT2D eigenvalue weighted by atomic mass is 9.83. The summed E-state index contributed by atoms with van der Waals surface area (Å²) in [6, 6.07) is 17.4. The monoisotopic (exact) mass is 580 g/mol. The summed E-state index contributed by atoms with van der Waals surface area (Å²) in [4.78, 5) is 58.0. The lowest BCUT2D eigenvalue weighted by Gasteiger charge is -2.35. The first-order chi connectivity index (χ1) is 20.9. The molecule has 3 aliphatic heterocycles. The van der Waals surface area contributed by atoms with Crippen LogP contribution in [-0.2, 0) is 14.3 Å². The van der Waals surface area contributed by atoms with Crippen molar-refractivity contribution < 1.29 is 33.4 Å². The van der Waals surface area contributed by atoms with Gasteiger partial charge in [-0.15, -0.1) is 0 Å². The number of methoxy groups -OCH3 is 2. The Balaban J connectivity index is 1.38. The third kappa shape index (κ3) is 4.65. The molecule has 2 saturated heterocycles. The van der Waals surface area contributed by atoms with Gasteiger partial charge in [-0.25, -0.2) is 9.69 Å². The topological polar surface area (TPSA) is 102 Å². The second-order valence-electron chi connectivity index (χ2n) is 10.8. The lowest BCUT2D eigenvalue weighted by molar-refractivity contribution is -0.123. The van der Waals surface area contributed by atoms with Gasteiger partial charge in [0.05, 0.1) is 50.0 Å². The molecule has 3 aromatic carbocycles. The van der Waals surface area contributed by atoms with E-state index >= 15 is 0 Å². The number of ether oxygens (including phenoxy) is 3. The Bertz CT molecular complexity index is 1630. The molecule has 0 saturated carbocycles. The van der Waals surface area contributed by atoms with Crippen molar-refractivity contribution in [2.24, 2.45) is 11.8 Å². The SMILES string of the molecule is CCCCOC(=O)c1ccc(N2C(=O)[C@@H]3[C@H](C2=O)[C@@H]2c4ccccc4C=CN2[C@H]3C(=O)c2ccc(OC)c(OC)c2)cc1. The van der Waals surface area contributed by atoms with Crippen molar-refractivity contribution >= 4 is 35.3 Å². The maximum Gasteiger partial charge on any atom is 0.338 e. The van der Waals surface area contributed by atoms with Crippen LogP contribution in [0.5, 0.6) is 11.5 Å². The van der Waals surface area contributed by atoms with Gasteiger partial charge in [0.1, 0.15) is 6.04 Å².